The Morgan fingerprint density at radius 2 is 1.70 bits per heavy atom. The lowest BCUT2D eigenvalue weighted by Crippen LogP contribution is -2.27. The van der Waals surface area contributed by atoms with Crippen molar-refractivity contribution < 1.29 is 14.7 Å². The van der Waals surface area contributed by atoms with Gasteiger partial charge in [0.15, 0.2) is 0 Å². The third-order valence-corrected chi connectivity index (χ3v) is 5.43. The van der Waals surface area contributed by atoms with Gasteiger partial charge in [-0.25, -0.2) is 4.79 Å². The second kappa shape index (κ2) is 8.78. The van der Waals surface area contributed by atoms with Gasteiger partial charge in [0, 0.05) is 12.6 Å². The summed E-state index contributed by atoms with van der Waals surface area (Å²) in [5, 5.41) is 11.7. The summed E-state index contributed by atoms with van der Waals surface area (Å²) < 4.78 is 0. The van der Waals surface area contributed by atoms with Gasteiger partial charge in [-0.3, -0.25) is 4.79 Å². The maximum absolute atomic E-state index is 12.5. The van der Waals surface area contributed by atoms with Crippen LogP contribution in [0.4, 0.5) is 0 Å². The van der Waals surface area contributed by atoms with Crippen LogP contribution in [-0.4, -0.2) is 23.5 Å². The summed E-state index contributed by atoms with van der Waals surface area (Å²) in [6.45, 7) is 0.568. The molecule has 150 valence electrons. The molecule has 1 aliphatic rings. The van der Waals surface area contributed by atoms with Gasteiger partial charge in [-0.05, 0) is 57.9 Å². The van der Waals surface area contributed by atoms with Crippen molar-refractivity contribution >= 4 is 18.0 Å². The van der Waals surface area contributed by atoms with E-state index in [2.05, 4.69) is 35.6 Å². The number of fused-ring (bicyclic) bond motifs is 3. The monoisotopic (exact) mass is 397 g/mol. The normalized spacial score (nSPS) is 11.9. The summed E-state index contributed by atoms with van der Waals surface area (Å²) in [7, 11) is 0. The third-order valence-electron chi connectivity index (χ3n) is 5.43. The fourth-order valence-corrected chi connectivity index (χ4v) is 3.93. The van der Waals surface area contributed by atoms with Gasteiger partial charge in [0.25, 0.3) is 0 Å². The molecule has 0 heterocycles. The number of hydrogen-bond acceptors (Lipinski definition) is 2. The molecule has 0 unspecified atom stereocenters. The molecule has 0 aromatic heterocycles. The van der Waals surface area contributed by atoms with Crippen LogP contribution in [0.25, 0.3) is 17.2 Å². The van der Waals surface area contributed by atoms with Crippen molar-refractivity contribution in [3.63, 3.8) is 0 Å². The number of carboxylic acid groups (broad SMARTS) is 1. The fourth-order valence-electron chi connectivity index (χ4n) is 3.93. The maximum Gasteiger partial charge on any atom is 0.328 e. The lowest BCUT2D eigenvalue weighted by Gasteiger charge is -2.10. The highest BCUT2D eigenvalue weighted by Crippen LogP contribution is 2.38. The zero-order valence-corrected chi connectivity index (χ0v) is 16.6. The Labute approximate surface area is 175 Å². The summed E-state index contributed by atoms with van der Waals surface area (Å²) in [5.41, 5.74) is 8.13. The van der Waals surface area contributed by atoms with Crippen molar-refractivity contribution in [2.24, 2.45) is 0 Å². The molecule has 3 aromatic carbocycles. The van der Waals surface area contributed by atoms with E-state index in [1.807, 2.05) is 36.4 Å². The number of carbonyl (C=O) groups is 2. The van der Waals surface area contributed by atoms with E-state index in [4.69, 9.17) is 5.11 Å². The minimum absolute atomic E-state index is 0.0281. The van der Waals surface area contributed by atoms with Crippen LogP contribution in [0, 0.1) is 0 Å². The smallest absolute Gasteiger partial charge is 0.328 e. The highest BCUT2D eigenvalue weighted by atomic mass is 16.4. The van der Waals surface area contributed by atoms with Gasteiger partial charge in [-0.15, -0.1) is 0 Å². The van der Waals surface area contributed by atoms with Gasteiger partial charge in [0.1, 0.15) is 0 Å². The molecule has 4 nitrogen and oxygen atoms in total. The highest BCUT2D eigenvalue weighted by Gasteiger charge is 2.21. The second-order valence-electron chi connectivity index (χ2n) is 7.47. The summed E-state index contributed by atoms with van der Waals surface area (Å²) in [4.78, 5) is 23.1. The molecule has 30 heavy (non-hydrogen) atoms. The zero-order chi connectivity index (χ0) is 20.9. The van der Waals surface area contributed by atoms with Crippen LogP contribution in [-0.2, 0) is 28.9 Å². The fraction of sp³-hybridized carbons (Fsp3) is 0.154. The van der Waals surface area contributed by atoms with Crippen molar-refractivity contribution in [3.05, 3.63) is 101 Å². The molecule has 0 saturated heterocycles. The Morgan fingerprint density at radius 3 is 2.50 bits per heavy atom. The van der Waals surface area contributed by atoms with Gasteiger partial charge < -0.3 is 10.4 Å². The molecular weight excluding hydrogens is 374 g/mol. The summed E-state index contributed by atoms with van der Waals surface area (Å²) >= 11 is 0. The van der Waals surface area contributed by atoms with Gasteiger partial charge in [0.05, 0.1) is 6.42 Å². The molecular formula is C26H23NO3. The van der Waals surface area contributed by atoms with E-state index in [-0.39, 0.29) is 5.91 Å². The van der Waals surface area contributed by atoms with E-state index in [9.17, 15) is 9.59 Å². The molecule has 0 spiro atoms. The van der Waals surface area contributed by atoms with E-state index < -0.39 is 5.97 Å². The van der Waals surface area contributed by atoms with E-state index in [1.54, 1.807) is 6.08 Å². The molecule has 1 aliphatic carbocycles. The van der Waals surface area contributed by atoms with Gasteiger partial charge >= 0.3 is 5.97 Å². The van der Waals surface area contributed by atoms with Crippen LogP contribution in [0.1, 0.15) is 27.8 Å². The molecule has 0 aliphatic heterocycles. The van der Waals surface area contributed by atoms with Crippen molar-refractivity contribution in [3.8, 4) is 11.1 Å². The van der Waals surface area contributed by atoms with E-state index in [1.165, 1.54) is 22.3 Å². The Kier molecular flexibility index (Phi) is 5.75. The predicted octanol–water partition coefficient (Wildman–Crippen LogP) is 4.26. The topological polar surface area (TPSA) is 66.4 Å². The van der Waals surface area contributed by atoms with Crippen LogP contribution < -0.4 is 5.32 Å². The zero-order valence-electron chi connectivity index (χ0n) is 16.6. The molecule has 0 saturated carbocycles. The Hall–Kier alpha value is -3.66. The molecule has 0 atom stereocenters. The highest BCUT2D eigenvalue weighted by molar-refractivity contribution is 5.85. The number of hydrogen-bond donors (Lipinski definition) is 2. The maximum atomic E-state index is 12.5. The molecule has 4 rings (SSSR count). The SMILES string of the molecule is O=C(O)/C=C/c1ccc(CCNC(=O)Cc2cccc3c2Cc2ccccc2-3)cc1. The third kappa shape index (κ3) is 4.49. The van der Waals surface area contributed by atoms with Crippen molar-refractivity contribution in [1.82, 2.24) is 5.32 Å². The average molecular weight is 397 g/mol. The van der Waals surface area contributed by atoms with Gasteiger partial charge in [-0.1, -0.05) is 66.7 Å². The summed E-state index contributed by atoms with van der Waals surface area (Å²) in [6, 6.07) is 22.3. The lowest BCUT2D eigenvalue weighted by atomic mass is 9.99. The van der Waals surface area contributed by atoms with Crippen LogP contribution in [0.2, 0.25) is 0 Å². The number of aliphatic carboxylic acids is 1. The Balaban J connectivity index is 1.32. The molecule has 3 aromatic rings. The van der Waals surface area contributed by atoms with Crippen molar-refractivity contribution in [2.45, 2.75) is 19.3 Å². The van der Waals surface area contributed by atoms with Crippen molar-refractivity contribution in [2.75, 3.05) is 6.54 Å². The molecule has 2 N–H and O–H groups in total. The summed E-state index contributed by atoms with van der Waals surface area (Å²) in [5.74, 6) is -0.935. The molecule has 0 radical (unpaired) electrons. The van der Waals surface area contributed by atoms with Crippen LogP contribution in [0.15, 0.2) is 72.8 Å². The minimum Gasteiger partial charge on any atom is -0.478 e. The first kappa shape index (κ1) is 19.6. The molecule has 0 fully saturated rings. The number of nitrogens with one attached hydrogen (secondary N) is 1. The van der Waals surface area contributed by atoms with E-state index in [0.29, 0.717) is 13.0 Å². The minimum atomic E-state index is -0.963. The van der Waals surface area contributed by atoms with E-state index >= 15 is 0 Å². The first-order valence-electron chi connectivity index (χ1n) is 10.1. The first-order valence-corrected chi connectivity index (χ1v) is 10.1. The lowest BCUT2D eigenvalue weighted by molar-refractivity contribution is -0.131. The number of benzene rings is 3. The second-order valence-corrected chi connectivity index (χ2v) is 7.47. The molecule has 1 amide bonds. The first-order chi connectivity index (χ1) is 14.6. The van der Waals surface area contributed by atoms with Crippen LogP contribution >= 0.6 is 0 Å². The van der Waals surface area contributed by atoms with E-state index in [0.717, 1.165) is 35.6 Å². The number of carbonyl (C=O) groups excluding carboxylic acids is 1. The number of amides is 1. The Morgan fingerprint density at radius 1 is 0.933 bits per heavy atom. The molecule has 0 bridgehead atoms. The van der Waals surface area contributed by atoms with Gasteiger partial charge in [-0.2, -0.15) is 0 Å². The summed E-state index contributed by atoms with van der Waals surface area (Å²) in [6.07, 6.45) is 4.68. The van der Waals surface area contributed by atoms with Crippen LogP contribution in [0.5, 0.6) is 0 Å². The number of rotatable bonds is 7. The predicted molar refractivity (Wildman–Crippen MR) is 118 cm³/mol. The average Bonchev–Trinajstić information content (AvgIpc) is 3.13. The largest absolute Gasteiger partial charge is 0.478 e. The number of carboxylic acids is 1. The Bertz CT molecular complexity index is 1110. The van der Waals surface area contributed by atoms with Crippen LogP contribution in [0.3, 0.4) is 0 Å². The molecule has 4 heteroatoms. The van der Waals surface area contributed by atoms with Crippen molar-refractivity contribution in [1.29, 1.82) is 0 Å². The van der Waals surface area contributed by atoms with Gasteiger partial charge in [0.2, 0.25) is 5.91 Å². The quantitative estimate of drug-likeness (QED) is 0.458. The standard InChI is InChI=1S/C26H23NO3/c28-25(27-15-14-19-10-8-18(9-11-19)12-13-26(29)30)17-21-5-3-7-23-22-6-2-1-4-20(22)16-24(21)23/h1-13H,14-17H2,(H,27,28)(H,29,30)/b13-12+.